The maximum Gasteiger partial charge on any atom is 0.278 e. The van der Waals surface area contributed by atoms with Gasteiger partial charge in [0.2, 0.25) is 5.82 Å². The third-order valence-electron chi connectivity index (χ3n) is 4.35. The average molecular weight is 397 g/mol. The second-order valence-corrected chi connectivity index (χ2v) is 6.01. The maximum absolute atomic E-state index is 5.62. The van der Waals surface area contributed by atoms with Gasteiger partial charge in [0, 0.05) is 24.8 Å². The molecule has 1 aliphatic rings. The van der Waals surface area contributed by atoms with Crippen LogP contribution in [0.3, 0.4) is 0 Å². The molecule has 3 heterocycles. The summed E-state index contributed by atoms with van der Waals surface area (Å²) in [7, 11) is 0. The van der Waals surface area contributed by atoms with Gasteiger partial charge >= 0.3 is 0 Å². The van der Waals surface area contributed by atoms with Gasteiger partial charge in [-0.3, -0.25) is 4.68 Å². The summed E-state index contributed by atoms with van der Waals surface area (Å²) < 4.78 is 7.37. The molecule has 1 saturated heterocycles. The van der Waals surface area contributed by atoms with Crippen LogP contribution in [0.2, 0.25) is 0 Å². The summed E-state index contributed by atoms with van der Waals surface area (Å²) in [6.07, 6.45) is 4.28. The highest BCUT2D eigenvalue weighted by Crippen LogP contribution is 2.23. The number of hydrogen-bond acceptors (Lipinski definition) is 6. The van der Waals surface area contributed by atoms with E-state index in [4.69, 9.17) is 10.3 Å². The molecule has 3 N–H and O–H groups in total. The molecule has 1 aliphatic heterocycles. The molecule has 1 aromatic carbocycles. The van der Waals surface area contributed by atoms with Gasteiger partial charge in [0.25, 0.3) is 5.89 Å². The van der Waals surface area contributed by atoms with Crippen molar-refractivity contribution in [3.8, 4) is 23.0 Å². The van der Waals surface area contributed by atoms with Gasteiger partial charge in [0.1, 0.15) is 0 Å². The molecule has 26 heavy (non-hydrogen) atoms. The SMILES string of the molecule is Cl.Cl.NCc1ccc(-c2noc(-c3ccn(C4CCCNC4)n3)n2)cc1. The molecule has 140 valence electrons. The van der Waals surface area contributed by atoms with Gasteiger partial charge in [-0.25, -0.2) is 0 Å². The first-order valence-corrected chi connectivity index (χ1v) is 8.23. The van der Waals surface area contributed by atoms with E-state index >= 15 is 0 Å². The minimum absolute atomic E-state index is 0. The van der Waals surface area contributed by atoms with Crippen molar-refractivity contribution in [3.63, 3.8) is 0 Å². The molecule has 1 fully saturated rings. The summed E-state index contributed by atoms with van der Waals surface area (Å²) >= 11 is 0. The molecule has 0 bridgehead atoms. The van der Waals surface area contributed by atoms with E-state index in [9.17, 15) is 0 Å². The fourth-order valence-corrected chi connectivity index (χ4v) is 2.95. The van der Waals surface area contributed by atoms with Gasteiger partial charge in [-0.1, -0.05) is 29.4 Å². The van der Waals surface area contributed by atoms with E-state index in [-0.39, 0.29) is 24.8 Å². The largest absolute Gasteiger partial charge is 0.332 e. The Labute approximate surface area is 164 Å². The topological polar surface area (TPSA) is 94.8 Å². The molecule has 1 unspecified atom stereocenters. The number of piperidine rings is 1. The lowest BCUT2D eigenvalue weighted by Crippen LogP contribution is -2.31. The zero-order chi connectivity index (χ0) is 16.4. The van der Waals surface area contributed by atoms with Crippen LogP contribution < -0.4 is 11.1 Å². The molecule has 1 atom stereocenters. The highest BCUT2D eigenvalue weighted by atomic mass is 35.5. The zero-order valence-corrected chi connectivity index (χ0v) is 15.8. The molecule has 4 rings (SSSR count). The monoisotopic (exact) mass is 396 g/mol. The summed E-state index contributed by atoms with van der Waals surface area (Å²) in [5.74, 6) is 0.998. The Hall–Kier alpha value is -1.93. The first kappa shape index (κ1) is 20.4. The number of halogens is 2. The van der Waals surface area contributed by atoms with Gasteiger partial charge in [-0.15, -0.1) is 24.8 Å². The first-order valence-electron chi connectivity index (χ1n) is 8.23. The van der Waals surface area contributed by atoms with Crippen molar-refractivity contribution >= 4 is 24.8 Å². The standard InChI is InChI=1S/C17H20N6O.2ClH/c18-10-12-3-5-13(6-4-12)16-20-17(24-22-16)15-7-9-23(21-15)14-2-1-8-19-11-14;;/h3-7,9,14,19H,1-2,8,10-11,18H2;2*1H. The zero-order valence-electron chi connectivity index (χ0n) is 14.2. The van der Waals surface area contributed by atoms with Crippen LogP contribution >= 0.6 is 24.8 Å². The lowest BCUT2D eigenvalue weighted by atomic mass is 10.1. The van der Waals surface area contributed by atoms with Crippen molar-refractivity contribution < 1.29 is 4.52 Å². The molecule has 3 aromatic rings. The lowest BCUT2D eigenvalue weighted by molar-refractivity contribution is 0.346. The number of rotatable bonds is 4. The molecule has 2 aromatic heterocycles. The molecule has 9 heteroatoms. The van der Waals surface area contributed by atoms with Crippen molar-refractivity contribution in [1.29, 1.82) is 0 Å². The highest BCUT2D eigenvalue weighted by molar-refractivity contribution is 5.85. The Balaban J connectivity index is 0.00000121. The second-order valence-electron chi connectivity index (χ2n) is 6.01. The Morgan fingerprint density at radius 1 is 1.19 bits per heavy atom. The second kappa shape index (κ2) is 9.14. The van der Waals surface area contributed by atoms with Gasteiger partial charge in [-0.05, 0) is 31.0 Å². The van der Waals surface area contributed by atoms with Crippen LogP contribution in [0.4, 0.5) is 0 Å². The number of nitrogens with two attached hydrogens (primary N) is 1. The predicted octanol–water partition coefficient (Wildman–Crippen LogP) is 2.83. The van der Waals surface area contributed by atoms with Gasteiger partial charge in [-0.2, -0.15) is 10.1 Å². The summed E-state index contributed by atoms with van der Waals surface area (Å²) in [6.45, 7) is 2.55. The summed E-state index contributed by atoms with van der Waals surface area (Å²) in [5.41, 5.74) is 8.30. The fraction of sp³-hybridized carbons (Fsp3) is 0.353. The van der Waals surface area contributed by atoms with E-state index in [0.717, 1.165) is 30.6 Å². The number of benzene rings is 1. The third-order valence-corrected chi connectivity index (χ3v) is 4.35. The Kier molecular flexibility index (Phi) is 7.16. The maximum atomic E-state index is 5.62. The molecule has 0 amide bonds. The smallest absolute Gasteiger partial charge is 0.278 e. The Morgan fingerprint density at radius 2 is 2.00 bits per heavy atom. The van der Waals surface area contributed by atoms with E-state index in [1.807, 2.05) is 41.2 Å². The minimum Gasteiger partial charge on any atom is -0.332 e. The van der Waals surface area contributed by atoms with Gasteiger partial charge in [0.15, 0.2) is 5.69 Å². The molecule has 0 spiro atoms. The number of hydrogen-bond donors (Lipinski definition) is 2. The van der Waals surface area contributed by atoms with E-state index in [1.165, 1.54) is 6.42 Å². The van der Waals surface area contributed by atoms with Crippen LogP contribution in [0.15, 0.2) is 41.1 Å². The predicted molar refractivity (Wildman–Crippen MR) is 104 cm³/mol. The number of nitrogens with zero attached hydrogens (tertiary/aromatic N) is 4. The van der Waals surface area contributed by atoms with Crippen LogP contribution in [0.5, 0.6) is 0 Å². The number of aromatic nitrogens is 4. The Bertz CT molecular complexity index is 811. The Morgan fingerprint density at radius 3 is 2.69 bits per heavy atom. The third kappa shape index (κ3) is 4.24. The lowest BCUT2D eigenvalue weighted by Gasteiger charge is -2.22. The van der Waals surface area contributed by atoms with E-state index < -0.39 is 0 Å². The first-order chi connectivity index (χ1) is 11.8. The molecule has 0 saturated carbocycles. The van der Waals surface area contributed by atoms with Gasteiger partial charge in [0.05, 0.1) is 6.04 Å². The van der Waals surface area contributed by atoms with E-state index in [0.29, 0.717) is 30.0 Å². The van der Waals surface area contributed by atoms with Crippen molar-refractivity contribution in [2.45, 2.75) is 25.4 Å². The van der Waals surface area contributed by atoms with Crippen LogP contribution in [0, 0.1) is 0 Å². The average Bonchev–Trinajstić information content (AvgIpc) is 3.32. The minimum atomic E-state index is 0. The number of nitrogens with one attached hydrogen (secondary N) is 1. The summed E-state index contributed by atoms with van der Waals surface area (Å²) in [4.78, 5) is 4.46. The fourth-order valence-electron chi connectivity index (χ4n) is 2.95. The van der Waals surface area contributed by atoms with Gasteiger partial charge < -0.3 is 15.6 Å². The summed E-state index contributed by atoms with van der Waals surface area (Å²) in [6, 6.07) is 10.1. The molecule has 7 nitrogen and oxygen atoms in total. The highest BCUT2D eigenvalue weighted by Gasteiger charge is 2.18. The van der Waals surface area contributed by atoms with Crippen LogP contribution in [-0.4, -0.2) is 33.0 Å². The van der Waals surface area contributed by atoms with Crippen molar-refractivity contribution in [2.24, 2.45) is 5.73 Å². The molecular formula is C17H22Cl2N6O. The van der Waals surface area contributed by atoms with Crippen LogP contribution in [-0.2, 0) is 6.54 Å². The molecular weight excluding hydrogens is 375 g/mol. The van der Waals surface area contributed by atoms with Crippen molar-refractivity contribution in [1.82, 2.24) is 25.2 Å². The summed E-state index contributed by atoms with van der Waals surface area (Å²) in [5, 5.41) is 12.1. The van der Waals surface area contributed by atoms with Crippen molar-refractivity contribution in [3.05, 3.63) is 42.1 Å². The van der Waals surface area contributed by atoms with E-state index in [1.54, 1.807) is 0 Å². The normalized spacial score (nSPS) is 16.6. The molecule has 0 radical (unpaired) electrons. The molecule has 0 aliphatic carbocycles. The van der Waals surface area contributed by atoms with Crippen LogP contribution in [0.1, 0.15) is 24.4 Å². The van der Waals surface area contributed by atoms with E-state index in [2.05, 4.69) is 20.6 Å². The van der Waals surface area contributed by atoms with Crippen LogP contribution in [0.25, 0.3) is 23.0 Å². The quantitative estimate of drug-likeness (QED) is 0.703. The van der Waals surface area contributed by atoms with Crippen molar-refractivity contribution in [2.75, 3.05) is 13.1 Å².